The van der Waals surface area contributed by atoms with Crippen molar-refractivity contribution in [2.75, 3.05) is 14.2 Å². The fourth-order valence-electron chi connectivity index (χ4n) is 2.68. The summed E-state index contributed by atoms with van der Waals surface area (Å²) in [6.45, 7) is 4.30. The van der Waals surface area contributed by atoms with Crippen molar-refractivity contribution in [3.63, 3.8) is 0 Å². The van der Waals surface area contributed by atoms with Crippen LogP contribution in [0.25, 0.3) is 0 Å². The summed E-state index contributed by atoms with van der Waals surface area (Å²) >= 11 is 3.50. The van der Waals surface area contributed by atoms with Crippen molar-refractivity contribution in [2.45, 2.75) is 26.4 Å². The standard InChI is InChI=1S/C21H25BrN2O3/c1-14(2)19(23-20(25)15-9-11-17(27-4)12-10-15)21(26)24(3)13-16-7-5-6-8-18(16)22/h5-12,14,19H,13H2,1-4H3,(H,23,25). The van der Waals surface area contributed by atoms with Crippen LogP contribution in [-0.2, 0) is 11.3 Å². The number of amides is 2. The molecule has 2 amide bonds. The highest BCUT2D eigenvalue weighted by Gasteiger charge is 2.27. The quantitative estimate of drug-likeness (QED) is 0.722. The molecule has 1 unspecified atom stereocenters. The van der Waals surface area contributed by atoms with E-state index in [4.69, 9.17) is 4.74 Å². The Morgan fingerprint density at radius 2 is 1.74 bits per heavy atom. The highest BCUT2D eigenvalue weighted by atomic mass is 79.9. The van der Waals surface area contributed by atoms with E-state index in [1.165, 1.54) is 0 Å². The van der Waals surface area contributed by atoms with Gasteiger partial charge in [-0.3, -0.25) is 9.59 Å². The number of nitrogens with one attached hydrogen (secondary N) is 1. The van der Waals surface area contributed by atoms with Crippen LogP contribution >= 0.6 is 15.9 Å². The minimum Gasteiger partial charge on any atom is -0.497 e. The molecule has 2 rings (SSSR count). The molecule has 0 bridgehead atoms. The van der Waals surface area contributed by atoms with Crippen LogP contribution in [0.5, 0.6) is 5.75 Å². The maximum Gasteiger partial charge on any atom is 0.251 e. The van der Waals surface area contributed by atoms with E-state index in [-0.39, 0.29) is 17.7 Å². The predicted octanol–water partition coefficient (Wildman–Crippen LogP) is 3.87. The average Bonchev–Trinajstić information content (AvgIpc) is 2.67. The molecule has 0 aromatic heterocycles. The molecule has 5 nitrogen and oxygen atoms in total. The SMILES string of the molecule is COc1ccc(C(=O)NC(C(=O)N(C)Cc2ccccc2Br)C(C)C)cc1. The fraction of sp³-hybridized carbons (Fsp3) is 0.333. The van der Waals surface area contributed by atoms with E-state index < -0.39 is 6.04 Å². The van der Waals surface area contributed by atoms with Crippen LogP contribution < -0.4 is 10.1 Å². The molecule has 0 saturated carbocycles. The van der Waals surface area contributed by atoms with Gasteiger partial charge in [0.2, 0.25) is 5.91 Å². The first kappa shape index (κ1) is 21.0. The Balaban J connectivity index is 2.09. The summed E-state index contributed by atoms with van der Waals surface area (Å²) in [5.74, 6) is 0.235. The van der Waals surface area contributed by atoms with Crippen LogP contribution in [-0.4, -0.2) is 36.9 Å². The Labute approximate surface area is 168 Å². The second kappa shape index (κ2) is 9.55. The minimum atomic E-state index is -0.605. The van der Waals surface area contributed by atoms with E-state index >= 15 is 0 Å². The van der Waals surface area contributed by atoms with Crippen molar-refractivity contribution >= 4 is 27.7 Å². The summed E-state index contributed by atoms with van der Waals surface area (Å²) < 4.78 is 6.06. The van der Waals surface area contributed by atoms with E-state index in [1.807, 2.05) is 38.1 Å². The maximum atomic E-state index is 12.9. The van der Waals surface area contributed by atoms with Crippen molar-refractivity contribution < 1.29 is 14.3 Å². The largest absolute Gasteiger partial charge is 0.497 e. The Bertz CT molecular complexity index is 790. The molecule has 0 fully saturated rings. The third kappa shape index (κ3) is 5.57. The van der Waals surface area contributed by atoms with E-state index in [2.05, 4.69) is 21.2 Å². The van der Waals surface area contributed by atoms with Gasteiger partial charge in [-0.05, 0) is 41.8 Å². The highest BCUT2D eigenvalue weighted by Crippen LogP contribution is 2.18. The third-order valence-electron chi connectivity index (χ3n) is 4.31. The number of likely N-dealkylation sites (N-methyl/N-ethyl adjacent to an activating group) is 1. The highest BCUT2D eigenvalue weighted by molar-refractivity contribution is 9.10. The van der Waals surface area contributed by atoms with Gasteiger partial charge in [0.15, 0.2) is 0 Å². The molecule has 0 saturated heterocycles. The van der Waals surface area contributed by atoms with Gasteiger partial charge in [-0.25, -0.2) is 0 Å². The Morgan fingerprint density at radius 1 is 1.11 bits per heavy atom. The molecule has 6 heteroatoms. The number of nitrogens with zero attached hydrogens (tertiary/aromatic N) is 1. The zero-order valence-corrected chi connectivity index (χ0v) is 17.6. The number of hydrogen-bond donors (Lipinski definition) is 1. The van der Waals surface area contributed by atoms with Crippen molar-refractivity contribution in [2.24, 2.45) is 5.92 Å². The summed E-state index contributed by atoms with van der Waals surface area (Å²) in [6.07, 6.45) is 0. The van der Waals surface area contributed by atoms with E-state index in [0.717, 1.165) is 10.0 Å². The summed E-state index contributed by atoms with van der Waals surface area (Å²) in [6, 6.07) is 14.0. The zero-order valence-electron chi connectivity index (χ0n) is 16.0. The van der Waals surface area contributed by atoms with Crippen molar-refractivity contribution in [1.82, 2.24) is 10.2 Å². The number of methoxy groups -OCH3 is 1. The van der Waals surface area contributed by atoms with Crippen LogP contribution in [0.2, 0.25) is 0 Å². The molecule has 1 N–H and O–H groups in total. The first-order chi connectivity index (χ1) is 12.8. The molecular formula is C21H25BrN2O3. The van der Waals surface area contributed by atoms with Gasteiger partial charge >= 0.3 is 0 Å². The summed E-state index contributed by atoms with van der Waals surface area (Å²) in [7, 11) is 3.32. The monoisotopic (exact) mass is 432 g/mol. The number of carbonyl (C=O) groups excluding carboxylic acids is 2. The molecule has 0 radical (unpaired) electrons. The number of ether oxygens (including phenoxy) is 1. The van der Waals surface area contributed by atoms with Crippen LogP contribution in [0.3, 0.4) is 0 Å². The summed E-state index contributed by atoms with van der Waals surface area (Å²) in [4.78, 5) is 27.1. The summed E-state index contributed by atoms with van der Waals surface area (Å²) in [5.41, 5.74) is 1.50. The van der Waals surface area contributed by atoms with Gasteiger partial charge in [0.05, 0.1) is 7.11 Å². The Kier molecular flexibility index (Phi) is 7.42. The van der Waals surface area contributed by atoms with Gasteiger partial charge in [0, 0.05) is 23.6 Å². The van der Waals surface area contributed by atoms with Crippen molar-refractivity contribution in [3.05, 3.63) is 64.1 Å². The van der Waals surface area contributed by atoms with Crippen LogP contribution in [0.4, 0.5) is 0 Å². The number of rotatable bonds is 7. The lowest BCUT2D eigenvalue weighted by Gasteiger charge is -2.27. The fourth-order valence-corrected chi connectivity index (χ4v) is 3.09. The van der Waals surface area contributed by atoms with Crippen LogP contribution in [0, 0.1) is 5.92 Å². The third-order valence-corrected chi connectivity index (χ3v) is 5.09. The second-order valence-electron chi connectivity index (χ2n) is 6.71. The molecule has 0 spiro atoms. The van der Waals surface area contributed by atoms with Crippen LogP contribution in [0.15, 0.2) is 53.0 Å². The second-order valence-corrected chi connectivity index (χ2v) is 7.56. The first-order valence-electron chi connectivity index (χ1n) is 8.76. The number of carbonyl (C=O) groups is 2. The molecule has 0 aliphatic heterocycles. The van der Waals surface area contributed by atoms with Gasteiger partial charge in [0.25, 0.3) is 5.91 Å². The molecule has 0 heterocycles. The average molecular weight is 433 g/mol. The van der Waals surface area contributed by atoms with Gasteiger partial charge in [-0.2, -0.15) is 0 Å². The molecule has 0 aliphatic carbocycles. The first-order valence-corrected chi connectivity index (χ1v) is 9.56. The van der Waals surface area contributed by atoms with Crippen molar-refractivity contribution in [3.8, 4) is 5.75 Å². The molecular weight excluding hydrogens is 408 g/mol. The maximum absolute atomic E-state index is 12.9. The smallest absolute Gasteiger partial charge is 0.251 e. The molecule has 0 aliphatic rings. The molecule has 27 heavy (non-hydrogen) atoms. The number of benzene rings is 2. The van der Waals surface area contributed by atoms with Gasteiger partial charge in [-0.15, -0.1) is 0 Å². The Morgan fingerprint density at radius 3 is 2.30 bits per heavy atom. The van der Waals surface area contributed by atoms with Gasteiger partial charge in [0.1, 0.15) is 11.8 Å². The summed E-state index contributed by atoms with van der Waals surface area (Å²) in [5, 5.41) is 2.87. The molecule has 2 aromatic rings. The van der Waals surface area contributed by atoms with Crippen molar-refractivity contribution in [1.29, 1.82) is 0 Å². The topological polar surface area (TPSA) is 58.6 Å². The molecule has 2 aromatic carbocycles. The number of hydrogen-bond acceptors (Lipinski definition) is 3. The van der Waals surface area contributed by atoms with E-state index in [0.29, 0.717) is 17.9 Å². The van der Waals surface area contributed by atoms with E-state index in [1.54, 1.807) is 43.3 Å². The Hall–Kier alpha value is -2.34. The molecule has 1 atom stereocenters. The lowest BCUT2D eigenvalue weighted by molar-refractivity contribution is -0.133. The molecule has 144 valence electrons. The van der Waals surface area contributed by atoms with Gasteiger partial charge < -0.3 is 15.0 Å². The zero-order chi connectivity index (χ0) is 20.0. The van der Waals surface area contributed by atoms with Gasteiger partial charge in [-0.1, -0.05) is 48.0 Å². The predicted molar refractivity (Wildman–Crippen MR) is 110 cm³/mol. The minimum absolute atomic E-state index is 0.0404. The normalized spacial score (nSPS) is 11.8. The lowest BCUT2D eigenvalue weighted by Crippen LogP contribution is -2.50. The number of halogens is 1. The van der Waals surface area contributed by atoms with E-state index in [9.17, 15) is 9.59 Å². The lowest BCUT2D eigenvalue weighted by atomic mass is 10.0. The van der Waals surface area contributed by atoms with Crippen LogP contribution in [0.1, 0.15) is 29.8 Å².